The van der Waals surface area contributed by atoms with Gasteiger partial charge >= 0.3 is 0 Å². The molecule has 2 aromatic heterocycles. The molecule has 8 nitrogen and oxygen atoms in total. The summed E-state index contributed by atoms with van der Waals surface area (Å²) in [6, 6.07) is 6.75. The molecule has 0 radical (unpaired) electrons. The maximum absolute atomic E-state index is 11.8. The normalized spacial score (nSPS) is 15.3. The lowest BCUT2D eigenvalue weighted by Gasteiger charge is -2.31. The molecule has 31 heavy (non-hydrogen) atoms. The summed E-state index contributed by atoms with van der Waals surface area (Å²) in [7, 11) is -3.27. The Morgan fingerprint density at radius 2 is 1.90 bits per heavy atom. The number of piperidine rings is 1. The van der Waals surface area contributed by atoms with Crippen molar-refractivity contribution in [1.29, 1.82) is 0 Å². The van der Waals surface area contributed by atoms with Crippen molar-refractivity contribution in [3.05, 3.63) is 49.4 Å². The summed E-state index contributed by atoms with van der Waals surface area (Å²) in [6.07, 6.45) is 7.81. The first-order valence-corrected chi connectivity index (χ1v) is 12.0. The Hall–Kier alpha value is -3.20. The molecule has 4 rings (SSSR count). The van der Waals surface area contributed by atoms with Gasteiger partial charge in [-0.2, -0.15) is 0 Å². The van der Waals surface area contributed by atoms with Crippen LogP contribution in [0.5, 0.6) is 0 Å². The van der Waals surface area contributed by atoms with Crippen LogP contribution in [0.15, 0.2) is 54.3 Å². The average Bonchev–Trinajstić information content (AvgIpc) is 3.13. The first-order chi connectivity index (χ1) is 14.8. The number of nitrogen functional groups attached to an aromatic ring is 1. The highest BCUT2D eigenvalue weighted by Crippen LogP contribution is 2.34. The number of hydrogen-bond acceptors (Lipinski definition) is 6. The molecule has 3 heterocycles. The molecule has 0 aliphatic carbocycles. The Kier molecular flexibility index (Phi) is 5.53. The maximum atomic E-state index is 11.8. The topological polar surface area (TPSA) is 111 Å². The largest absolute Gasteiger partial charge is 0.383 e. The van der Waals surface area contributed by atoms with E-state index in [0.717, 1.165) is 41.5 Å². The Balaban J connectivity index is 1.65. The van der Waals surface area contributed by atoms with Crippen LogP contribution >= 0.6 is 0 Å². The van der Waals surface area contributed by atoms with E-state index in [1.165, 1.54) is 18.7 Å². The molecule has 2 N–H and O–H groups in total. The van der Waals surface area contributed by atoms with Crippen molar-refractivity contribution in [1.82, 2.24) is 19.4 Å². The summed E-state index contributed by atoms with van der Waals surface area (Å²) in [5.41, 5.74) is 8.66. The van der Waals surface area contributed by atoms with Crippen molar-refractivity contribution in [2.45, 2.75) is 24.3 Å². The van der Waals surface area contributed by atoms with Crippen LogP contribution in [-0.2, 0) is 21.2 Å². The molecule has 1 amide bonds. The van der Waals surface area contributed by atoms with E-state index in [1.54, 1.807) is 24.3 Å². The highest BCUT2D eigenvalue weighted by molar-refractivity contribution is 7.90. The predicted molar refractivity (Wildman–Crippen MR) is 120 cm³/mol. The van der Waals surface area contributed by atoms with E-state index in [0.29, 0.717) is 24.8 Å². The Labute approximate surface area is 181 Å². The van der Waals surface area contributed by atoms with Crippen LogP contribution in [0.3, 0.4) is 0 Å². The van der Waals surface area contributed by atoms with Gasteiger partial charge in [0.1, 0.15) is 17.8 Å². The molecule has 0 saturated carbocycles. The van der Waals surface area contributed by atoms with Crippen molar-refractivity contribution in [2.24, 2.45) is 5.92 Å². The lowest BCUT2D eigenvalue weighted by Crippen LogP contribution is -2.38. The summed E-state index contributed by atoms with van der Waals surface area (Å²) in [6.45, 7) is 5.74. The van der Waals surface area contributed by atoms with E-state index in [1.807, 2.05) is 11.1 Å². The zero-order valence-electron chi connectivity index (χ0n) is 17.4. The molecule has 1 saturated heterocycles. The van der Waals surface area contributed by atoms with Crippen molar-refractivity contribution < 1.29 is 13.2 Å². The molecule has 0 spiro atoms. The van der Waals surface area contributed by atoms with Gasteiger partial charge in [0, 0.05) is 37.7 Å². The second-order valence-electron chi connectivity index (χ2n) is 7.92. The van der Waals surface area contributed by atoms with E-state index in [4.69, 9.17) is 5.73 Å². The second kappa shape index (κ2) is 8.14. The predicted octanol–water partition coefficient (Wildman–Crippen LogP) is 2.51. The van der Waals surface area contributed by atoms with Crippen LogP contribution < -0.4 is 5.73 Å². The van der Waals surface area contributed by atoms with Crippen molar-refractivity contribution in [3.63, 3.8) is 0 Å². The number of fused-ring (bicyclic) bond motifs is 1. The molecule has 0 atom stereocenters. The Morgan fingerprint density at radius 1 is 1.23 bits per heavy atom. The summed E-state index contributed by atoms with van der Waals surface area (Å²) in [5.74, 6) is 0.767. The van der Waals surface area contributed by atoms with Gasteiger partial charge in [0.2, 0.25) is 5.91 Å². The molecule has 0 bridgehead atoms. The van der Waals surface area contributed by atoms with Crippen LogP contribution in [0, 0.1) is 5.92 Å². The third-order valence-electron chi connectivity index (χ3n) is 5.83. The summed E-state index contributed by atoms with van der Waals surface area (Å²) in [5, 5.41) is 0.758. The molecule has 3 aromatic rings. The van der Waals surface area contributed by atoms with Crippen molar-refractivity contribution in [3.8, 4) is 11.1 Å². The number of likely N-dealkylation sites (tertiary alicyclic amines) is 1. The first-order valence-electron chi connectivity index (χ1n) is 10.1. The fraction of sp³-hybridized carbons (Fsp3) is 0.318. The summed E-state index contributed by atoms with van der Waals surface area (Å²) < 4.78 is 25.7. The molecule has 1 aliphatic rings. The van der Waals surface area contributed by atoms with Gasteiger partial charge in [-0.05, 0) is 42.5 Å². The lowest BCUT2D eigenvalue weighted by atomic mass is 9.96. The minimum absolute atomic E-state index is 0.0230. The number of nitrogens with two attached hydrogens (primary N) is 1. The van der Waals surface area contributed by atoms with Gasteiger partial charge in [0.15, 0.2) is 9.84 Å². The molecule has 1 aliphatic heterocycles. The van der Waals surface area contributed by atoms with Gasteiger partial charge in [0.05, 0.1) is 10.3 Å². The van der Waals surface area contributed by atoms with Crippen molar-refractivity contribution >= 4 is 32.6 Å². The number of nitrogens with zero attached hydrogens (tertiary/aromatic N) is 4. The Morgan fingerprint density at radius 3 is 2.52 bits per heavy atom. The second-order valence-corrected chi connectivity index (χ2v) is 9.94. The van der Waals surface area contributed by atoms with Crippen LogP contribution in [0.2, 0.25) is 0 Å². The number of hydrogen-bond donors (Lipinski definition) is 1. The number of carbonyl (C=O) groups excluding carboxylic acids is 1. The maximum Gasteiger partial charge on any atom is 0.245 e. The van der Waals surface area contributed by atoms with Gasteiger partial charge in [-0.1, -0.05) is 18.7 Å². The smallest absolute Gasteiger partial charge is 0.245 e. The zero-order chi connectivity index (χ0) is 22.2. The number of sulfone groups is 1. The monoisotopic (exact) mass is 439 g/mol. The quantitative estimate of drug-likeness (QED) is 0.612. The fourth-order valence-electron chi connectivity index (χ4n) is 4.13. The number of carbonyl (C=O) groups is 1. The highest BCUT2D eigenvalue weighted by Gasteiger charge is 2.23. The number of anilines is 1. The van der Waals surface area contributed by atoms with Gasteiger partial charge in [-0.3, -0.25) is 4.79 Å². The van der Waals surface area contributed by atoms with Gasteiger partial charge in [-0.15, -0.1) is 0 Å². The zero-order valence-corrected chi connectivity index (χ0v) is 18.2. The van der Waals surface area contributed by atoms with E-state index in [9.17, 15) is 13.2 Å². The van der Waals surface area contributed by atoms with Gasteiger partial charge < -0.3 is 15.2 Å². The van der Waals surface area contributed by atoms with Gasteiger partial charge in [0.25, 0.3) is 0 Å². The lowest BCUT2D eigenvalue weighted by molar-refractivity contribution is -0.127. The number of rotatable bonds is 5. The standard InChI is InChI=1S/C22H25N5O3S/c1-3-19(28)26-10-8-15(9-11-26)12-27-13-18(20-21(23)24-14-25-22(20)27)16-4-6-17(7-5-16)31(2,29)30/h3-7,13-15H,1,8-12H2,2H3,(H2,23,24,25). The minimum atomic E-state index is -3.27. The fourth-order valence-corrected chi connectivity index (χ4v) is 4.76. The number of amides is 1. The van der Waals surface area contributed by atoms with Crippen molar-refractivity contribution in [2.75, 3.05) is 25.1 Å². The summed E-state index contributed by atoms with van der Waals surface area (Å²) >= 11 is 0. The molecule has 162 valence electrons. The molecular formula is C22H25N5O3S. The van der Waals surface area contributed by atoms with E-state index < -0.39 is 9.84 Å². The van der Waals surface area contributed by atoms with E-state index in [2.05, 4.69) is 21.1 Å². The average molecular weight is 440 g/mol. The minimum Gasteiger partial charge on any atom is -0.383 e. The Bertz CT molecular complexity index is 1240. The molecular weight excluding hydrogens is 414 g/mol. The molecule has 1 fully saturated rings. The number of benzene rings is 1. The summed E-state index contributed by atoms with van der Waals surface area (Å²) in [4.78, 5) is 22.5. The first kappa shape index (κ1) is 21.0. The highest BCUT2D eigenvalue weighted by atomic mass is 32.2. The molecule has 1 aromatic carbocycles. The number of aromatic nitrogens is 3. The van der Waals surface area contributed by atoms with E-state index >= 15 is 0 Å². The van der Waals surface area contributed by atoms with E-state index in [-0.39, 0.29) is 10.8 Å². The third kappa shape index (κ3) is 4.18. The van der Waals surface area contributed by atoms with Gasteiger partial charge in [-0.25, -0.2) is 18.4 Å². The van der Waals surface area contributed by atoms with Crippen LogP contribution in [0.25, 0.3) is 22.2 Å². The third-order valence-corrected chi connectivity index (χ3v) is 6.96. The van der Waals surface area contributed by atoms with Crippen LogP contribution in [-0.4, -0.2) is 53.1 Å². The SMILES string of the molecule is C=CC(=O)N1CCC(Cn2cc(-c3ccc(S(C)(=O)=O)cc3)c3c(N)ncnc32)CC1. The molecule has 9 heteroatoms. The van der Waals surface area contributed by atoms with Crippen LogP contribution in [0.4, 0.5) is 5.82 Å². The molecule has 0 unspecified atom stereocenters. The van der Waals surface area contributed by atoms with Crippen LogP contribution in [0.1, 0.15) is 12.8 Å².